The van der Waals surface area contributed by atoms with Crippen LogP contribution >= 0.6 is 0 Å². The predicted octanol–water partition coefficient (Wildman–Crippen LogP) is 3.31. The monoisotopic (exact) mass is 218 g/mol. The summed E-state index contributed by atoms with van der Waals surface area (Å²) in [5, 5.41) is 8.51. The quantitative estimate of drug-likeness (QED) is 0.785. The molecule has 4 nitrogen and oxygen atoms in total. The number of furan rings is 1. The molecule has 0 atom stereocenters. The zero-order valence-electron chi connectivity index (χ0n) is 8.64. The van der Waals surface area contributed by atoms with Crippen LogP contribution in [0.5, 0.6) is 5.75 Å². The van der Waals surface area contributed by atoms with Crippen LogP contribution in [-0.4, -0.2) is 11.3 Å². The van der Waals surface area contributed by atoms with Gasteiger partial charge in [0, 0.05) is 11.6 Å². The van der Waals surface area contributed by atoms with E-state index in [4.69, 9.17) is 9.52 Å². The van der Waals surface area contributed by atoms with E-state index in [1.54, 1.807) is 13.0 Å². The molecule has 0 aliphatic carbocycles. The summed E-state index contributed by atoms with van der Waals surface area (Å²) in [5.41, 5.74) is 0.880. The molecule has 0 saturated carbocycles. The first kappa shape index (κ1) is 10.3. The summed E-state index contributed by atoms with van der Waals surface area (Å²) in [6, 6.07) is 11.0. The van der Waals surface area contributed by atoms with E-state index in [2.05, 4.69) is 4.74 Å². The van der Waals surface area contributed by atoms with Crippen molar-refractivity contribution in [2.24, 2.45) is 0 Å². The standard InChI is InChI=1S/C12H10O4/c1-8-10(16-12(13)14)7-11(15-8)9-5-3-2-4-6-9/h2-7H,1H3,(H,13,14). The molecule has 0 saturated heterocycles. The lowest BCUT2D eigenvalue weighted by Gasteiger charge is -1.93. The van der Waals surface area contributed by atoms with Gasteiger partial charge in [-0.2, -0.15) is 0 Å². The zero-order valence-corrected chi connectivity index (χ0v) is 8.64. The van der Waals surface area contributed by atoms with E-state index in [0.29, 0.717) is 11.5 Å². The van der Waals surface area contributed by atoms with Gasteiger partial charge in [0.2, 0.25) is 0 Å². The lowest BCUT2D eigenvalue weighted by molar-refractivity contribution is 0.143. The number of rotatable bonds is 2. The molecule has 0 aliphatic heterocycles. The summed E-state index contributed by atoms with van der Waals surface area (Å²) in [5.74, 6) is 1.27. The lowest BCUT2D eigenvalue weighted by Crippen LogP contribution is -2.02. The maximum Gasteiger partial charge on any atom is 0.511 e. The van der Waals surface area contributed by atoms with Gasteiger partial charge in [0.05, 0.1) is 0 Å². The van der Waals surface area contributed by atoms with Gasteiger partial charge >= 0.3 is 6.16 Å². The molecular weight excluding hydrogens is 208 g/mol. The van der Waals surface area contributed by atoms with Crippen molar-refractivity contribution in [3.63, 3.8) is 0 Å². The Morgan fingerprint density at radius 1 is 1.31 bits per heavy atom. The van der Waals surface area contributed by atoms with Crippen LogP contribution in [0.3, 0.4) is 0 Å². The Morgan fingerprint density at radius 3 is 2.62 bits per heavy atom. The minimum atomic E-state index is -1.34. The SMILES string of the molecule is Cc1oc(-c2ccccc2)cc1OC(=O)O. The van der Waals surface area contributed by atoms with Gasteiger partial charge in [0.15, 0.2) is 5.75 Å². The first-order valence-corrected chi connectivity index (χ1v) is 4.73. The number of hydrogen-bond donors (Lipinski definition) is 1. The molecule has 82 valence electrons. The highest BCUT2D eigenvalue weighted by atomic mass is 16.7. The van der Waals surface area contributed by atoms with E-state index in [9.17, 15) is 4.79 Å². The number of carbonyl (C=O) groups is 1. The van der Waals surface area contributed by atoms with Gasteiger partial charge < -0.3 is 14.3 Å². The molecular formula is C12H10O4. The number of aryl methyl sites for hydroxylation is 1. The largest absolute Gasteiger partial charge is 0.511 e. The van der Waals surface area contributed by atoms with Crippen LogP contribution in [0.4, 0.5) is 4.79 Å². The number of carboxylic acid groups (broad SMARTS) is 1. The number of hydrogen-bond acceptors (Lipinski definition) is 3. The highest BCUT2D eigenvalue weighted by Crippen LogP contribution is 2.30. The lowest BCUT2D eigenvalue weighted by atomic mass is 10.2. The van der Waals surface area contributed by atoms with Crippen LogP contribution in [0, 0.1) is 6.92 Å². The van der Waals surface area contributed by atoms with Crippen LogP contribution in [-0.2, 0) is 0 Å². The van der Waals surface area contributed by atoms with Crippen LogP contribution in [0.25, 0.3) is 11.3 Å². The van der Waals surface area contributed by atoms with Gasteiger partial charge in [-0.1, -0.05) is 30.3 Å². The Labute approximate surface area is 92.1 Å². The predicted molar refractivity (Wildman–Crippen MR) is 57.5 cm³/mol. The third kappa shape index (κ3) is 2.06. The molecule has 16 heavy (non-hydrogen) atoms. The molecule has 2 aromatic rings. The van der Waals surface area contributed by atoms with E-state index < -0.39 is 6.16 Å². The molecule has 0 bridgehead atoms. The summed E-state index contributed by atoms with van der Waals surface area (Å²) < 4.78 is 9.98. The van der Waals surface area contributed by atoms with Crippen molar-refractivity contribution >= 4 is 6.16 Å². The second kappa shape index (κ2) is 4.10. The smallest absolute Gasteiger partial charge is 0.457 e. The van der Waals surface area contributed by atoms with E-state index in [1.165, 1.54) is 0 Å². The van der Waals surface area contributed by atoms with Crippen molar-refractivity contribution in [1.29, 1.82) is 0 Å². The fourth-order valence-electron chi connectivity index (χ4n) is 1.41. The van der Waals surface area contributed by atoms with E-state index >= 15 is 0 Å². The Hall–Kier alpha value is -2.23. The molecule has 0 fully saturated rings. The molecule has 4 heteroatoms. The number of ether oxygens (including phenoxy) is 1. The fraction of sp³-hybridized carbons (Fsp3) is 0.0833. The van der Waals surface area contributed by atoms with Gasteiger partial charge in [-0.25, -0.2) is 4.79 Å². The molecule has 1 aromatic heterocycles. The van der Waals surface area contributed by atoms with Gasteiger partial charge in [-0.05, 0) is 6.92 Å². The van der Waals surface area contributed by atoms with Crippen LogP contribution in [0.2, 0.25) is 0 Å². The van der Waals surface area contributed by atoms with Crippen LogP contribution in [0.15, 0.2) is 40.8 Å². The minimum Gasteiger partial charge on any atom is -0.457 e. The van der Waals surface area contributed by atoms with E-state index in [0.717, 1.165) is 5.56 Å². The second-order valence-electron chi connectivity index (χ2n) is 3.27. The molecule has 1 aromatic carbocycles. The zero-order chi connectivity index (χ0) is 11.5. The maximum absolute atomic E-state index is 10.4. The van der Waals surface area contributed by atoms with Crippen molar-refractivity contribution in [3.05, 3.63) is 42.2 Å². The summed E-state index contributed by atoms with van der Waals surface area (Å²) in [6.07, 6.45) is -1.34. The first-order valence-electron chi connectivity index (χ1n) is 4.73. The van der Waals surface area contributed by atoms with Gasteiger partial charge in [0.25, 0.3) is 0 Å². The van der Waals surface area contributed by atoms with Gasteiger partial charge in [-0.3, -0.25) is 0 Å². The van der Waals surface area contributed by atoms with E-state index in [1.807, 2.05) is 30.3 Å². The topological polar surface area (TPSA) is 59.7 Å². The molecule has 2 rings (SSSR count). The van der Waals surface area contributed by atoms with Crippen LogP contribution < -0.4 is 4.74 Å². The maximum atomic E-state index is 10.4. The van der Waals surface area contributed by atoms with E-state index in [-0.39, 0.29) is 5.75 Å². The molecule has 0 amide bonds. The van der Waals surface area contributed by atoms with Crippen molar-refractivity contribution < 1.29 is 19.1 Å². The number of benzene rings is 1. The first-order chi connectivity index (χ1) is 7.66. The van der Waals surface area contributed by atoms with Crippen molar-refractivity contribution in [2.45, 2.75) is 6.92 Å². The minimum absolute atomic E-state index is 0.228. The third-order valence-corrected chi connectivity index (χ3v) is 2.13. The van der Waals surface area contributed by atoms with Crippen LogP contribution in [0.1, 0.15) is 5.76 Å². The highest BCUT2D eigenvalue weighted by molar-refractivity contribution is 5.65. The second-order valence-corrected chi connectivity index (χ2v) is 3.27. The fourth-order valence-corrected chi connectivity index (χ4v) is 1.41. The Balaban J connectivity index is 2.34. The molecule has 0 unspecified atom stereocenters. The Bertz CT molecular complexity index is 499. The molecule has 1 N–H and O–H groups in total. The summed E-state index contributed by atoms with van der Waals surface area (Å²) >= 11 is 0. The van der Waals surface area contributed by atoms with Gasteiger partial charge in [0.1, 0.15) is 11.5 Å². The molecule has 1 heterocycles. The molecule has 0 spiro atoms. The van der Waals surface area contributed by atoms with Crippen molar-refractivity contribution in [3.8, 4) is 17.1 Å². The average molecular weight is 218 g/mol. The van der Waals surface area contributed by atoms with Crippen molar-refractivity contribution in [1.82, 2.24) is 0 Å². The Kier molecular flexibility index (Phi) is 2.64. The normalized spacial score (nSPS) is 10.1. The van der Waals surface area contributed by atoms with Crippen molar-refractivity contribution in [2.75, 3.05) is 0 Å². The Morgan fingerprint density at radius 2 is 2.00 bits per heavy atom. The average Bonchev–Trinajstić information content (AvgIpc) is 2.61. The molecule has 0 aliphatic rings. The summed E-state index contributed by atoms with van der Waals surface area (Å²) in [4.78, 5) is 10.4. The third-order valence-electron chi connectivity index (χ3n) is 2.13. The molecule has 0 radical (unpaired) electrons. The van der Waals surface area contributed by atoms with Gasteiger partial charge in [-0.15, -0.1) is 0 Å². The summed E-state index contributed by atoms with van der Waals surface area (Å²) in [6.45, 7) is 1.66. The highest BCUT2D eigenvalue weighted by Gasteiger charge is 2.12. The summed E-state index contributed by atoms with van der Waals surface area (Å²) in [7, 11) is 0.